The molecule has 1 aromatic carbocycles. The third-order valence-electron chi connectivity index (χ3n) is 1.66. The Balaban J connectivity index is 3.52. The average Bonchev–Trinajstić information content (AvgIpc) is 2.16. The number of hydrogen-bond acceptors (Lipinski definition) is 3. The zero-order valence-electron chi connectivity index (χ0n) is 7.03. The molecule has 3 nitrogen and oxygen atoms in total. The van der Waals surface area contributed by atoms with Gasteiger partial charge in [0.1, 0.15) is 0 Å². The molecule has 0 fully saturated rings. The van der Waals surface area contributed by atoms with E-state index in [1.165, 1.54) is 19.1 Å². The van der Waals surface area contributed by atoms with Crippen LogP contribution in [0.25, 0.3) is 0 Å². The van der Waals surface area contributed by atoms with Crippen LogP contribution in [0.4, 0.5) is 0 Å². The number of nitrogens with zero attached hydrogens (tertiary/aromatic N) is 2. The molecule has 0 saturated heterocycles. The largest absolute Gasteiger partial charge is 0.294 e. The van der Waals surface area contributed by atoms with Gasteiger partial charge in [0.15, 0.2) is 5.78 Å². The second-order valence-electron chi connectivity index (χ2n) is 2.51. The first kappa shape index (κ1) is 8.96. The molecule has 0 spiro atoms. The molecule has 0 atom stereocenters. The summed E-state index contributed by atoms with van der Waals surface area (Å²) in [7, 11) is 0. The van der Waals surface area contributed by atoms with E-state index in [9.17, 15) is 4.79 Å². The van der Waals surface area contributed by atoms with Gasteiger partial charge in [-0.15, -0.1) is 0 Å². The van der Waals surface area contributed by atoms with Crippen LogP contribution in [0.5, 0.6) is 0 Å². The van der Waals surface area contributed by atoms with Crippen LogP contribution in [-0.4, -0.2) is 5.78 Å². The fraction of sp³-hybridized carbons (Fsp3) is 0.100. The molecule has 62 valence electrons. The normalized spacial score (nSPS) is 8.54. The molecular weight excluding hydrogens is 164 g/mol. The van der Waals surface area contributed by atoms with Crippen molar-refractivity contribution in [2.45, 2.75) is 6.92 Å². The Hall–Kier alpha value is -2.13. The highest BCUT2D eigenvalue weighted by Gasteiger charge is 2.11. The summed E-state index contributed by atoms with van der Waals surface area (Å²) in [6.07, 6.45) is 0. The smallest absolute Gasteiger partial charge is 0.162 e. The van der Waals surface area contributed by atoms with Crippen molar-refractivity contribution < 1.29 is 4.79 Å². The van der Waals surface area contributed by atoms with Crippen LogP contribution >= 0.6 is 0 Å². The number of nitriles is 2. The van der Waals surface area contributed by atoms with Crippen LogP contribution in [0, 0.1) is 22.7 Å². The van der Waals surface area contributed by atoms with Crippen molar-refractivity contribution >= 4 is 5.78 Å². The average molecular weight is 170 g/mol. The zero-order chi connectivity index (χ0) is 9.84. The van der Waals surface area contributed by atoms with Gasteiger partial charge >= 0.3 is 0 Å². The van der Waals surface area contributed by atoms with E-state index in [-0.39, 0.29) is 22.5 Å². The third-order valence-corrected chi connectivity index (χ3v) is 1.66. The second kappa shape index (κ2) is 3.51. The van der Waals surface area contributed by atoms with E-state index in [0.29, 0.717) is 0 Å². The maximum atomic E-state index is 11.1. The van der Waals surface area contributed by atoms with Gasteiger partial charge in [0.05, 0.1) is 28.8 Å². The fourth-order valence-electron chi connectivity index (χ4n) is 1.12. The molecule has 0 bridgehead atoms. The molecule has 0 N–H and O–H groups in total. The minimum atomic E-state index is -0.256. The van der Waals surface area contributed by atoms with E-state index in [2.05, 4.69) is 0 Å². The van der Waals surface area contributed by atoms with Crippen LogP contribution in [-0.2, 0) is 0 Å². The number of rotatable bonds is 1. The lowest BCUT2D eigenvalue weighted by Gasteiger charge is -2.00. The van der Waals surface area contributed by atoms with Crippen LogP contribution in [0.2, 0.25) is 0 Å². The highest BCUT2D eigenvalue weighted by Crippen LogP contribution is 2.13. The van der Waals surface area contributed by atoms with Crippen LogP contribution in [0.3, 0.4) is 0 Å². The van der Waals surface area contributed by atoms with Crippen molar-refractivity contribution in [2.75, 3.05) is 0 Å². The summed E-state index contributed by atoms with van der Waals surface area (Å²) in [5, 5.41) is 17.4. The number of Topliss-reactive ketones (excluding diaryl/α,β-unsaturated/α-hetero) is 1. The SMILES string of the molecule is CC(=O)c1c(C#N)cccc1C#N. The van der Waals surface area contributed by atoms with E-state index in [1.54, 1.807) is 6.07 Å². The van der Waals surface area contributed by atoms with Gasteiger partial charge < -0.3 is 0 Å². The lowest BCUT2D eigenvalue weighted by Crippen LogP contribution is -2.00. The van der Waals surface area contributed by atoms with Gasteiger partial charge in [-0.25, -0.2) is 0 Å². The first-order valence-corrected chi connectivity index (χ1v) is 3.65. The van der Waals surface area contributed by atoms with Crippen molar-refractivity contribution in [3.05, 3.63) is 34.9 Å². The van der Waals surface area contributed by atoms with E-state index in [4.69, 9.17) is 10.5 Å². The van der Waals surface area contributed by atoms with Crippen molar-refractivity contribution in [2.24, 2.45) is 0 Å². The fourth-order valence-corrected chi connectivity index (χ4v) is 1.12. The van der Waals surface area contributed by atoms with Gasteiger partial charge in [-0.2, -0.15) is 10.5 Å². The molecule has 13 heavy (non-hydrogen) atoms. The summed E-state index contributed by atoms with van der Waals surface area (Å²) in [5.41, 5.74) is 0.727. The number of ketones is 1. The van der Waals surface area contributed by atoms with Crippen LogP contribution in [0.1, 0.15) is 28.4 Å². The summed E-state index contributed by atoms with van der Waals surface area (Å²) in [4.78, 5) is 11.1. The van der Waals surface area contributed by atoms with Gasteiger partial charge in [-0.1, -0.05) is 6.07 Å². The Morgan fingerprint density at radius 3 is 2.00 bits per heavy atom. The Kier molecular flexibility index (Phi) is 2.42. The van der Waals surface area contributed by atoms with Crippen molar-refractivity contribution in [1.82, 2.24) is 0 Å². The monoisotopic (exact) mass is 170 g/mol. The van der Waals surface area contributed by atoms with Gasteiger partial charge in [0, 0.05) is 0 Å². The summed E-state index contributed by atoms with van der Waals surface area (Å²) < 4.78 is 0. The molecule has 0 amide bonds. The topological polar surface area (TPSA) is 64.7 Å². The highest BCUT2D eigenvalue weighted by molar-refractivity contribution is 5.98. The Bertz CT molecular complexity index is 403. The number of carbonyl (C=O) groups excluding carboxylic acids is 1. The molecular formula is C10H6N2O. The third kappa shape index (κ3) is 1.55. The molecule has 1 aromatic rings. The first-order chi connectivity index (χ1) is 6.20. The van der Waals surface area contributed by atoms with Crippen molar-refractivity contribution in [3.63, 3.8) is 0 Å². The Labute approximate surface area is 75.8 Å². The zero-order valence-corrected chi connectivity index (χ0v) is 7.03. The van der Waals surface area contributed by atoms with E-state index >= 15 is 0 Å². The van der Waals surface area contributed by atoms with Crippen molar-refractivity contribution in [1.29, 1.82) is 10.5 Å². The molecule has 0 unspecified atom stereocenters. The van der Waals surface area contributed by atoms with E-state index in [0.717, 1.165) is 0 Å². The lowest BCUT2D eigenvalue weighted by atomic mass is 10.00. The molecule has 0 heterocycles. The summed E-state index contributed by atoms with van der Waals surface area (Å²) >= 11 is 0. The van der Waals surface area contributed by atoms with Gasteiger partial charge in [0.25, 0.3) is 0 Å². The molecule has 1 rings (SSSR count). The predicted octanol–water partition coefficient (Wildman–Crippen LogP) is 1.63. The number of carbonyl (C=O) groups is 1. The van der Waals surface area contributed by atoms with E-state index in [1.807, 2.05) is 12.1 Å². The molecule has 0 aromatic heterocycles. The minimum absolute atomic E-state index is 0.215. The predicted molar refractivity (Wildman–Crippen MR) is 45.9 cm³/mol. The van der Waals surface area contributed by atoms with Gasteiger partial charge in [-0.3, -0.25) is 4.79 Å². The standard InChI is InChI=1S/C10H6N2O/c1-7(13)10-8(5-11)3-2-4-9(10)6-12/h2-4H,1H3. The molecule has 0 saturated carbocycles. The Morgan fingerprint density at radius 2 is 1.69 bits per heavy atom. The first-order valence-electron chi connectivity index (χ1n) is 3.65. The second-order valence-corrected chi connectivity index (χ2v) is 2.51. The Morgan fingerprint density at radius 1 is 1.23 bits per heavy atom. The van der Waals surface area contributed by atoms with Crippen molar-refractivity contribution in [3.8, 4) is 12.1 Å². The summed E-state index contributed by atoms with van der Waals surface area (Å²) in [6, 6.07) is 8.40. The van der Waals surface area contributed by atoms with Gasteiger partial charge in [0.2, 0.25) is 0 Å². The lowest BCUT2D eigenvalue weighted by molar-refractivity contribution is 0.101. The molecule has 3 heteroatoms. The minimum Gasteiger partial charge on any atom is -0.294 e. The maximum absolute atomic E-state index is 11.1. The maximum Gasteiger partial charge on any atom is 0.162 e. The van der Waals surface area contributed by atoms with Gasteiger partial charge in [-0.05, 0) is 19.1 Å². The summed E-state index contributed by atoms with van der Waals surface area (Å²) in [6.45, 7) is 1.34. The van der Waals surface area contributed by atoms with E-state index < -0.39 is 0 Å². The number of benzene rings is 1. The molecule has 0 aliphatic heterocycles. The molecule has 0 radical (unpaired) electrons. The van der Waals surface area contributed by atoms with Crippen LogP contribution < -0.4 is 0 Å². The number of hydrogen-bond donors (Lipinski definition) is 0. The summed E-state index contributed by atoms with van der Waals surface area (Å²) in [5.74, 6) is -0.256. The molecule has 0 aliphatic rings. The van der Waals surface area contributed by atoms with Crippen LogP contribution in [0.15, 0.2) is 18.2 Å². The molecule has 0 aliphatic carbocycles. The quantitative estimate of drug-likeness (QED) is 0.601. The highest BCUT2D eigenvalue weighted by atomic mass is 16.1.